The van der Waals surface area contributed by atoms with E-state index in [2.05, 4.69) is 344 Å². The van der Waals surface area contributed by atoms with E-state index in [-0.39, 0.29) is 0 Å². The first-order valence-corrected chi connectivity index (χ1v) is 28.1. The first kappa shape index (κ1) is 61.1. The van der Waals surface area contributed by atoms with Gasteiger partial charge in [-0.1, -0.05) is 77.9 Å². The van der Waals surface area contributed by atoms with E-state index in [0.29, 0.717) is 0 Å². The monoisotopic (exact) mass is 1060 g/mol. The summed E-state index contributed by atoms with van der Waals surface area (Å²) in [6.07, 6.45) is 2.16. The van der Waals surface area contributed by atoms with Gasteiger partial charge in [0.05, 0.1) is 5.56 Å². The van der Waals surface area contributed by atoms with Gasteiger partial charge < -0.3 is 0 Å². The Hall–Kier alpha value is -8.15. The Bertz CT molecular complexity index is 3550. The largest absolute Gasteiger partial charge is 0.212 e. The molecule has 5 nitrogen and oxygen atoms in total. The molecule has 5 aromatic heterocycles. The minimum Gasteiger partial charge on any atom is -0.201 e. The van der Waals surface area contributed by atoms with Crippen LogP contribution in [0.25, 0.3) is 56.3 Å². The normalized spacial score (nSPS) is 10.5. The van der Waals surface area contributed by atoms with Crippen LogP contribution in [0.4, 0.5) is 0 Å². The Morgan fingerprint density at radius 2 is 0.600 bits per heavy atom. The van der Waals surface area contributed by atoms with Crippen LogP contribution >= 0.6 is 0 Å². The Balaban J connectivity index is 0.000000161. The number of aryl methyl sites for hydroxylation is 14. The van der Waals surface area contributed by atoms with Gasteiger partial charge >= 0.3 is 0 Å². The maximum atomic E-state index is 2.25. The highest BCUT2D eigenvalue weighted by Crippen LogP contribution is 2.27. The van der Waals surface area contributed by atoms with Gasteiger partial charge in [0.1, 0.15) is 35.2 Å². The lowest BCUT2D eigenvalue weighted by molar-refractivity contribution is -0.666. The van der Waals surface area contributed by atoms with E-state index in [1.165, 1.54) is 140 Å². The van der Waals surface area contributed by atoms with E-state index >= 15 is 0 Å². The molecule has 0 unspecified atom stereocenters. The van der Waals surface area contributed by atoms with Crippen LogP contribution in [-0.2, 0) is 35.2 Å². The third-order valence-electron chi connectivity index (χ3n) is 16.0. The second-order valence-electron chi connectivity index (χ2n) is 22.0. The quantitative estimate of drug-likeness (QED) is 0.153. The average Bonchev–Trinajstić information content (AvgIpc) is 3.41. The summed E-state index contributed by atoms with van der Waals surface area (Å²) in [4.78, 5) is 0. The average molecular weight is 1060 g/mol. The van der Waals surface area contributed by atoms with E-state index in [9.17, 15) is 0 Å². The van der Waals surface area contributed by atoms with Crippen molar-refractivity contribution in [2.24, 2.45) is 35.2 Å². The van der Waals surface area contributed by atoms with E-state index < -0.39 is 0 Å². The van der Waals surface area contributed by atoms with Gasteiger partial charge in [0.25, 0.3) is 0 Å². The van der Waals surface area contributed by atoms with Crippen LogP contribution in [0.2, 0.25) is 0 Å². The number of hydrogen-bond acceptors (Lipinski definition) is 0. The van der Waals surface area contributed by atoms with Gasteiger partial charge in [0.15, 0.2) is 29.0 Å². The van der Waals surface area contributed by atoms with Crippen molar-refractivity contribution in [1.29, 1.82) is 0 Å². The van der Waals surface area contributed by atoms with Gasteiger partial charge in [-0.25, -0.2) is 4.57 Å². The van der Waals surface area contributed by atoms with E-state index in [1.807, 2.05) is 0 Å². The van der Waals surface area contributed by atoms with E-state index in [4.69, 9.17) is 0 Å². The molecule has 410 valence electrons. The lowest BCUT2D eigenvalue weighted by Crippen LogP contribution is -2.34. The number of aromatic nitrogens is 5. The Morgan fingerprint density at radius 1 is 0.237 bits per heavy atom. The molecule has 0 aliphatic rings. The molecule has 0 aliphatic heterocycles. The topological polar surface area (TPSA) is 19.4 Å². The molecule has 0 radical (unpaired) electrons. The molecule has 0 amide bonds. The first-order chi connectivity index (χ1) is 38.0. The molecular formula is C75H90N5+5. The standard InChI is InChI=1S/5C15H18N/c1-11-7-5-9-14(13(11)3)15-10-6-8-12(2)16(15)4;1-11-7-5-8-12(2)15(11)14-10-6-9-13(3)16(14)4;1-11-8-9-14(12(2)10-11)15-7-5-6-13(3)16(15)4;1-11-8-9-12(2)14(10-11)15-7-5-6-13(3)16(15)4;1-11-8-9-15(16(4)10-11)14-7-5-6-12(2)13(14)3/h5*5-10H,1-4H3/q5*+1. The fourth-order valence-corrected chi connectivity index (χ4v) is 10.2. The molecule has 0 aliphatic carbocycles. The van der Waals surface area contributed by atoms with Gasteiger partial charge in [0.2, 0.25) is 28.5 Å². The molecule has 0 saturated carbocycles. The molecule has 0 atom stereocenters. The van der Waals surface area contributed by atoms with Crippen molar-refractivity contribution >= 4 is 0 Å². The third kappa shape index (κ3) is 14.9. The smallest absolute Gasteiger partial charge is 0.201 e. The SMILES string of the molecule is Cc1ccc(-c2cccc(C)[n+]2C)c(C)c1.Cc1ccc(-c2cccc(C)c2C)[n+](C)c1.Cc1ccc(C)c(-c2cccc(C)[n+]2C)c1.Cc1cccc(-c2cccc(C)[n+]2C)c1C.Cc1cccc(C)c1-c1cccc(C)[n+]1C. The number of hydrogen-bond donors (Lipinski definition) is 0. The molecule has 0 fully saturated rings. The van der Waals surface area contributed by atoms with Gasteiger partial charge in [-0.15, -0.1) is 0 Å². The zero-order valence-corrected chi connectivity index (χ0v) is 52.1. The molecule has 0 N–H and O–H groups in total. The summed E-state index contributed by atoms with van der Waals surface area (Å²) in [7, 11) is 10.6. The Morgan fingerprint density at radius 3 is 1.07 bits per heavy atom. The van der Waals surface area contributed by atoms with Crippen LogP contribution in [0, 0.1) is 104 Å². The fourth-order valence-electron chi connectivity index (χ4n) is 10.2. The number of rotatable bonds is 5. The summed E-state index contributed by atoms with van der Waals surface area (Å²) in [5.74, 6) is 0. The molecule has 0 saturated heterocycles. The maximum Gasteiger partial charge on any atom is 0.212 e. The summed E-state index contributed by atoms with van der Waals surface area (Å²) in [6.45, 7) is 32.3. The van der Waals surface area contributed by atoms with Crippen LogP contribution in [0.15, 0.2) is 182 Å². The van der Waals surface area contributed by atoms with Crippen LogP contribution in [-0.4, -0.2) is 0 Å². The summed E-state index contributed by atoms with van der Waals surface area (Å²) in [5, 5.41) is 0. The molecule has 5 aromatic carbocycles. The summed E-state index contributed by atoms with van der Waals surface area (Å²) < 4.78 is 11.1. The van der Waals surface area contributed by atoms with Crippen LogP contribution in [0.5, 0.6) is 0 Å². The molecule has 0 bridgehead atoms. The molecule has 10 rings (SSSR count). The zero-order chi connectivity index (χ0) is 58.5. The van der Waals surface area contributed by atoms with Crippen LogP contribution < -0.4 is 22.8 Å². The minimum absolute atomic E-state index is 1.27. The zero-order valence-electron chi connectivity index (χ0n) is 52.1. The van der Waals surface area contributed by atoms with E-state index in [0.717, 1.165) is 0 Å². The third-order valence-corrected chi connectivity index (χ3v) is 16.0. The summed E-state index contributed by atoms with van der Waals surface area (Å²) in [5.41, 5.74) is 32.8. The number of nitrogens with zero attached hydrogens (tertiary/aromatic N) is 5. The maximum absolute atomic E-state index is 2.25. The number of benzene rings is 5. The van der Waals surface area contributed by atoms with Crippen molar-refractivity contribution in [1.82, 2.24) is 0 Å². The van der Waals surface area contributed by atoms with Gasteiger partial charge in [-0.05, 0) is 175 Å². The lowest BCUT2D eigenvalue weighted by atomic mass is 9.99. The minimum atomic E-state index is 1.27. The van der Waals surface area contributed by atoms with Crippen molar-refractivity contribution in [3.63, 3.8) is 0 Å². The van der Waals surface area contributed by atoms with E-state index in [1.54, 1.807) is 0 Å². The van der Waals surface area contributed by atoms with Crippen molar-refractivity contribution in [2.45, 2.75) is 104 Å². The van der Waals surface area contributed by atoms with Gasteiger partial charge in [-0.3, -0.25) is 0 Å². The highest BCUT2D eigenvalue weighted by molar-refractivity contribution is 5.66. The molecule has 5 heteroatoms. The molecular weight excluding hydrogens is 971 g/mol. The van der Waals surface area contributed by atoms with Gasteiger partial charge in [-0.2, -0.15) is 18.3 Å². The van der Waals surface area contributed by atoms with Crippen LogP contribution in [0.3, 0.4) is 0 Å². The number of pyridine rings is 5. The molecule has 10 aromatic rings. The lowest BCUT2D eigenvalue weighted by Gasteiger charge is -2.08. The molecule has 80 heavy (non-hydrogen) atoms. The van der Waals surface area contributed by atoms with Crippen molar-refractivity contribution < 1.29 is 22.8 Å². The summed E-state index contributed by atoms with van der Waals surface area (Å²) >= 11 is 0. The second kappa shape index (κ2) is 27.6. The predicted molar refractivity (Wildman–Crippen MR) is 336 cm³/mol. The second-order valence-corrected chi connectivity index (χ2v) is 22.0. The predicted octanol–water partition coefficient (Wildman–Crippen LogP) is 15.5. The van der Waals surface area contributed by atoms with Gasteiger partial charge in [0, 0.05) is 110 Å². The van der Waals surface area contributed by atoms with Crippen LogP contribution in [0.1, 0.15) is 84.0 Å². The molecule has 0 spiro atoms. The Kier molecular flexibility index (Phi) is 21.1. The summed E-state index contributed by atoms with van der Waals surface area (Å²) in [6, 6.07) is 62.7. The van der Waals surface area contributed by atoms with Crippen molar-refractivity contribution in [3.8, 4) is 56.3 Å². The first-order valence-electron chi connectivity index (χ1n) is 28.1. The highest BCUT2D eigenvalue weighted by Gasteiger charge is 2.18. The van der Waals surface area contributed by atoms with Crippen molar-refractivity contribution in [3.05, 3.63) is 266 Å². The highest BCUT2D eigenvalue weighted by atomic mass is 15.0. The van der Waals surface area contributed by atoms with Crippen molar-refractivity contribution in [2.75, 3.05) is 0 Å². The fraction of sp³-hybridized carbons (Fsp3) is 0.267. The Labute approximate surface area is 481 Å². The molecule has 5 heterocycles.